The Labute approximate surface area is 157 Å². The van der Waals surface area contributed by atoms with Crippen molar-refractivity contribution in [3.63, 3.8) is 0 Å². The highest BCUT2D eigenvalue weighted by Crippen LogP contribution is 2.33. The van der Waals surface area contributed by atoms with Crippen LogP contribution in [0.3, 0.4) is 0 Å². The zero-order valence-corrected chi connectivity index (χ0v) is 15.9. The lowest BCUT2D eigenvalue weighted by Gasteiger charge is -2.36. The third kappa shape index (κ3) is 4.30. The van der Waals surface area contributed by atoms with Crippen LogP contribution >= 0.6 is 15.9 Å². The summed E-state index contributed by atoms with van der Waals surface area (Å²) >= 11 is 3.46. The molecule has 1 fully saturated rings. The molecule has 2 aromatic rings. The van der Waals surface area contributed by atoms with Crippen molar-refractivity contribution < 1.29 is 14.9 Å². The van der Waals surface area contributed by atoms with Gasteiger partial charge in [0, 0.05) is 23.5 Å². The maximum Gasteiger partial charge on any atom is 0.134 e. The van der Waals surface area contributed by atoms with Crippen molar-refractivity contribution in [3.8, 4) is 11.1 Å². The Kier molecular flexibility index (Phi) is 6.25. The topological polar surface area (TPSA) is 52.9 Å². The van der Waals surface area contributed by atoms with E-state index in [0.29, 0.717) is 26.3 Å². The number of morpholine rings is 1. The van der Waals surface area contributed by atoms with Crippen LogP contribution in [-0.4, -0.2) is 53.7 Å². The highest BCUT2D eigenvalue weighted by molar-refractivity contribution is 9.10. The minimum Gasteiger partial charge on any atom is -0.388 e. The molecule has 0 radical (unpaired) electrons. The van der Waals surface area contributed by atoms with Gasteiger partial charge in [0.25, 0.3) is 0 Å². The Morgan fingerprint density at radius 3 is 2.32 bits per heavy atom. The lowest BCUT2D eigenvalue weighted by molar-refractivity contribution is -0.119. The molecule has 2 aromatic carbocycles. The molecule has 134 valence electrons. The zero-order chi connectivity index (χ0) is 17.8. The molecule has 1 aliphatic rings. The molecule has 1 aliphatic heterocycles. The number of ether oxygens (including phenoxy) is 1. The van der Waals surface area contributed by atoms with Crippen molar-refractivity contribution in [2.45, 2.75) is 25.2 Å². The number of nitrogens with zero attached hydrogens (tertiary/aromatic N) is 1. The summed E-state index contributed by atoms with van der Waals surface area (Å²) in [7, 11) is 0. The highest BCUT2D eigenvalue weighted by atomic mass is 79.9. The highest BCUT2D eigenvalue weighted by Gasteiger charge is 2.31. The van der Waals surface area contributed by atoms with Crippen LogP contribution in [0.4, 0.5) is 0 Å². The summed E-state index contributed by atoms with van der Waals surface area (Å²) in [4.78, 5) is 1.88. The van der Waals surface area contributed by atoms with Crippen molar-refractivity contribution in [2.75, 3.05) is 26.3 Å². The maximum atomic E-state index is 10.8. The molecule has 3 rings (SSSR count). The number of halogens is 1. The van der Waals surface area contributed by atoms with Crippen LogP contribution in [0.15, 0.2) is 53.0 Å². The molecule has 5 heteroatoms. The molecule has 0 aliphatic carbocycles. The number of rotatable bonds is 5. The first-order valence-corrected chi connectivity index (χ1v) is 9.40. The number of hydrogen-bond acceptors (Lipinski definition) is 4. The van der Waals surface area contributed by atoms with E-state index in [4.69, 9.17) is 4.74 Å². The molecule has 3 unspecified atom stereocenters. The van der Waals surface area contributed by atoms with Crippen molar-refractivity contribution in [2.24, 2.45) is 0 Å². The predicted molar refractivity (Wildman–Crippen MR) is 102 cm³/mol. The zero-order valence-electron chi connectivity index (χ0n) is 14.3. The monoisotopic (exact) mass is 405 g/mol. The lowest BCUT2D eigenvalue weighted by Crippen LogP contribution is -2.50. The van der Waals surface area contributed by atoms with Gasteiger partial charge in [-0.1, -0.05) is 59.3 Å². The third-order valence-corrected chi connectivity index (χ3v) is 5.37. The summed E-state index contributed by atoms with van der Waals surface area (Å²) in [6.45, 7) is 4.42. The molecule has 0 amide bonds. The summed E-state index contributed by atoms with van der Waals surface area (Å²) in [5.41, 5.74) is 3.21. The second-order valence-electron chi connectivity index (χ2n) is 6.44. The van der Waals surface area contributed by atoms with Crippen LogP contribution in [0.2, 0.25) is 0 Å². The Balaban J connectivity index is 1.84. The van der Waals surface area contributed by atoms with Crippen molar-refractivity contribution in [3.05, 3.63) is 58.6 Å². The number of benzene rings is 2. The molecule has 4 nitrogen and oxygen atoms in total. The van der Waals surface area contributed by atoms with E-state index in [2.05, 4.69) is 34.1 Å². The van der Waals surface area contributed by atoms with Crippen LogP contribution in [0.25, 0.3) is 11.1 Å². The maximum absolute atomic E-state index is 10.8. The SMILES string of the molecule is CC(c1ccccc1-c1ccc(Br)cc1)C(O)C(O)N1CCOCC1. The molecular formula is C20H24BrNO3. The van der Waals surface area contributed by atoms with Crippen molar-refractivity contribution in [1.82, 2.24) is 4.90 Å². The molecule has 0 spiro atoms. The summed E-state index contributed by atoms with van der Waals surface area (Å²) in [6, 6.07) is 16.2. The van der Waals surface area contributed by atoms with Gasteiger partial charge in [-0.05, 0) is 28.8 Å². The average Bonchev–Trinajstić information content (AvgIpc) is 2.67. The quantitative estimate of drug-likeness (QED) is 0.801. The first-order chi connectivity index (χ1) is 12.1. The first kappa shape index (κ1) is 18.5. The Hall–Kier alpha value is -1.24. The number of aliphatic hydroxyl groups is 2. The van der Waals surface area contributed by atoms with Crippen LogP contribution in [0.5, 0.6) is 0 Å². The summed E-state index contributed by atoms with van der Waals surface area (Å²) in [5.74, 6) is -0.197. The van der Waals surface area contributed by atoms with Gasteiger partial charge < -0.3 is 14.9 Å². The second kappa shape index (κ2) is 8.43. The second-order valence-corrected chi connectivity index (χ2v) is 7.35. The van der Waals surface area contributed by atoms with E-state index in [1.165, 1.54) is 0 Å². The lowest BCUT2D eigenvalue weighted by atomic mass is 9.87. The van der Waals surface area contributed by atoms with E-state index in [1.54, 1.807) is 0 Å². The van der Waals surface area contributed by atoms with Gasteiger partial charge in [0.15, 0.2) is 0 Å². The molecular weight excluding hydrogens is 382 g/mol. The third-order valence-electron chi connectivity index (χ3n) is 4.84. The van der Waals surface area contributed by atoms with E-state index in [0.717, 1.165) is 21.2 Å². The molecule has 0 saturated carbocycles. The van der Waals surface area contributed by atoms with Gasteiger partial charge in [0.05, 0.1) is 13.2 Å². The van der Waals surface area contributed by atoms with Gasteiger partial charge in [-0.25, -0.2) is 0 Å². The molecule has 2 N–H and O–H groups in total. The summed E-state index contributed by atoms with van der Waals surface area (Å²) < 4.78 is 6.36. The van der Waals surface area contributed by atoms with E-state index in [-0.39, 0.29) is 5.92 Å². The van der Waals surface area contributed by atoms with E-state index in [9.17, 15) is 10.2 Å². The largest absolute Gasteiger partial charge is 0.388 e. The Morgan fingerprint density at radius 2 is 1.64 bits per heavy atom. The molecule has 1 heterocycles. The van der Waals surface area contributed by atoms with Crippen molar-refractivity contribution >= 4 is 15.9 Å². The Morgan fingerprint density at radius 1 is 1.00 bits per heavy atom. The summed E-state index contributed by atoms with van der Waals surface area (Å²) in [6.07, 6.45) is -1.76. The van der Waals surface area contributed by atoms with Crippen LogP contribution < -0.4 is 0 Å². The fourth-order valence-electron chi connectivity index (χ4n) is 3.29. The van der Waals surface area contributed by atoms with Gasteiger partial charge in [0.2, 0.25) is 0 Å². The van der Waals surface area contributed by atoms with Gasteiger partial charge >= 0.3 is 0 Å². The minimum absolute atomic E-state index is 0.197. The van der Waals surface area contributed by atoms with Crippen molar-refractivity contribution in [1.29, 1.82) is 0 Å². The molecule has 3 atom stereocenters. The standard InChI is InChI=1S/C20H24BrNO3/c1-14(19(23)20(24)22-10-12-25-13-11-22)17-4-2-3-5-18(17)15-6-8-16(21)9-7-15/h2-9,14,19-20,23-24H,10-13H2,1H3. The van der Waals surface area contributed by atoms with Crippen LogP contribution in [-0.2, 0) is 4.74 Å². The molecule has 25 heavy (non-hydrogen) atoms. The smallest absolute Gasteiger partial charge is 0.134 e. The van der Waals surface area contributed by atoms with Crippen LogP contribution in [0.1, 0.15) is 18.4 Å². The van der Waals surface area contributed by atoms with Gasteiger partial charge in [0.1, 0.15) is 12.3 Å². The molecule has 0 bridgehead atoms. The fraction of sp³-hybridized carbons (Fsp3) is 0.400. The van der Waals surface area contributed by atoms with Gasteiger partial charge in [-0.15, -0.1) is 0 Å². The normalized spacial score (nSPS) is 19.4. The van der Waals surface area contributed by atoms with E-state index >= 15 is 0 Å². The summed E-state index contributed by atoms with van der Waals surface area (Å²) in [5, 5.41) is 21.4. The van der Waals surface area contributed by atoms with Gasteiger partial charge in [-0.3, -0.25) is 4.90 Å². The fourth-order valence-corrected chi connectivity index (χ4v) is 3.55. The molecule has 0 aromatic heterocycles. The predicted octanol–water partition coefficient (Wildman–Crippen LogP) is 3.23. The van der Waals surface area contributed by atoms with Crippen LogP contribution in [0, 0.1) is 0 Å². The number of hydrogen-bond donors (Lipinski definition) is 2. The minimum atomic E-state index is -0.892. The average molecular weight is 406 g/mol. The molecule has 1 saturated heterocycles. The van der Waals surface area contributed by atoms with E-state index in [1.807, 2.05) is 42.2 Å². The number of aliphatic hydroxyl groups excluding tert-OH is 2. The van der Waals surface area contributed by atoms with E-state index < -0.39 is 12.3 Å². The van der Waals surface area contributed by atoms with Gasteiger partial charge in [-0.2, -0.15) is 0 Å². The first-order valence-electron chi connectivity index (χ1n) is 8.60. The Bertz CT molecular complexity index is 686.